The first-order chi connectivity index (χ1) is 6.91. The van der Waals surface area contributed by atoms with Crippen molar-refractivity contribution in [1.29, 1.82) is 0 Å². The summed E-state index contributed by atoms with van der Waals surface area (Å²) in [5, 5.41) is 17.2. The zero-order chi connectivity index (χ0) is 11.6. The van der Waals surface area contributed by atoms with Crippen LogP contribution in [0.15, 0.2) is 9.99 Å². The number of carboxylic acids is 2. The minimum absolute atomic E-state index is 0.215. The van der Waals surface area contributed by atoms with E-state index in [0.29, 0.717) is 11.7 Å². The molecule has 0 aliphatic rings. The smallest absolute Gasteiger partial charge is 0.343 e. The number of rotatable bonds is 3. The molecule has 1 aromatic rings. The average Bonchev–Trinajstić information content (AvgIpc) is 2.39. The van der Waals surface area contributed by atoms with Gasteiger partial charge in [0.2, 0.25) is 0 Å². The third-order valence-electron chi connectivity index (χ3n) is 1.68. The standard InChI is InChI=1S/C9H9NO5/c1-4-7(10-5(2)15-4)3-6(8(11)12)9(13)14/h3H,1-2H3,(H,11,12)(H,13,14). The van der Waals surface area contributed by atoms with Crippen LogP contribution < -0.4 is 0 Å². The molecule has 80 valence electrons. The summed E-state index contributed by atoms with van der Waals surface area (Å²) < 4.78 is 5.03. The lowest BCUT2D eigenvalue weighted by molar-refractivity contribution is -0.140. The zero-order valence-electron chi connectivity index (χ0n) is 8.14. The topological polar surface area (TPSA) is 101 Å². The number of aliphatic carboxylic acids is 2. The SMILES string of the molecule is Cc1nc(C=C(C(=O)O)C(=O)O)c(C)o1. The van der Waals surface area contributed by atoms with Gasteiger partial charge in [-0.3, -0.25) is 0 Å². The van der Waals surface area contributed by atoms with Crippen LogP contribution in [0.3, 0.4) is 0 Å². The molecule has 1 rings (SSSR count). The first-order valence-corrected chi connectivity index (χ1v) is 4.04. The summed E-state index contributed by atoms with van der Waals surface area (Å²) in [4.78, 5) is 25.0. The van der Waals surface area contributed by atoms with Crippen molar-refractivity contribution in [3.8, 4) is 0 Å². The maximum atomic E-state index is 10.6. The predicted octanol–water partition coefficient (Wildman–Crippen LogP) is 0.844. The van der Waals surface area contributed by atoms with Crippen molar-refractivity contribution in [3.05, 3.63) is 22.9 Å². The lowest BCUT2D eigenvalue weighted by Crippen LogP contribution is -2.11. The number of hydrogen-bond donors (Lipinski definition) is 2. The van der Waals surface area contributed by atoms with Crippen LogP contribution in [-0.2, 0) is 9.59 Å². The third kappa shape index (κ3) is 2.43. The minimum Gasteiger partial charge on any atom is -0.477 e. The van der Waals surface area contributed by atoms with E-state index < -0.39 is 17.5 Å². The number of nitrogens with zero attached hydrogens (tertiary/aromatic N) is 1. The Morgan fingerprint density at radius 1 is 1.27 bits per heavy atom. The lowest BCUT2D eigenvalue weighted by atomic mass is 10.2. The van der Waals surface area contributed by atoms with Crippen molar-refractivity contribution in [1.82, 2.24) is 4.98 Å². The molecule has 0 aromatic carbocycles. The second-order valence-electron chi connectivity index (χ2n) is 2.84. The Bertz CT molecular complexity index is 427. The maximum absolute atomic E-state index is 10.6. The number of hydrogen-bond acceptors (Lipinski definition) is 4. The van der Waals surface area contributed by atoms with Crippen LogP contribution in [0.1, 0.15) is 17.3 Å². The molecule has 0 atom stereocenters. The number of carboxylic acid groups (broad SMARTS) is 2. The van der Waals surface area contributed by atoms with E-state index >= 15 is 0 Å². The summed E-state index contributed by atoms with van der Waals surface area (Å²) in [5.74, 6) is -2.29. The van der Waals surface area contributed by atoms with Gasteiger partial charge in [0.1, 0.15) is 17.0 Å². The summed E-state index contributed by atoms with van der Waals surface area (Å²) in [7, 11) is 0. The predicted molar refractivity (Wildman–Crippen MR) is 49.2 cm³/mol. The molecule has 0 radical (unpaired) electrons. The van der Waals surface area contributed by atoms with Crippen LogP contribution in [0, 0.1) is 13.8 Å². The van der Waals surface area contributed by atoms with Gasteiger partial charge >= 0.3 is 11.9 Å². The highest BCUT2D eigenvalue weighted by Gasteiger charge is 2.17. The molecule has 6 nitrogen and oxygen atoms in total. The Morgan fingerprint density at radius 2 is 1.80 bits per heavy atom. The van der Waals surface area contributed by atoms with E-state index in [-0.39, 0.29) is 5.69 Å². The maximum Gasteiger partial charge on any atom is 0.343 e. The number of oxazole rings is 1. The quantitative estimate of drug-likeness (QED) is 0.436. The second-order valence-corrected chi connectivity index (χ2v) is 2.84. The van der Waals surface area contributed by atoms with Crippen LogP contribution in [0.4, 0.5) is 0 Å². The van der Waals surface area contributed by atoms with Crippen LogP contribution in [0.2, 0.25) is 0 Å². The van der Waals surface area contributed by atoms with Gasteiger partial charge in [-0.1, -0.05) is 0 Å². The van der Waals surface area contributed by atoms with Crippen molar-refractivity contribution in [2.75, 3.05) is 0 Å². The van der Waals surface area contributed by atoms with Gasteiger partial charge < -0.3 is 14.6 Å². The highest BCUT2D eigenvalue weighted by molar-refractivity contribution is 6.16. The molecule has 0 unspecified atom stereocenters. The Balaban J connectivity index is 3.18. The molecular formula is C9H9NO5. The molecule has 0 spiro atoms. The Labute approximate surface area is 84.9 Å². The Hall–Kier alpha value is -2.11. The van der Waals surface area contributed by atoms with Gasteiger partial charge in [-0.15, -0.1) is 0 Å². The molecule has 1 heterocycles. The molecule has 0 fully saturated rings. The molecule has 0 bridgehead atoms. The van der Waals surface area contributed by atoms with E-state index in [0.717, 1.165) is 6.08 Å². The van der Waals surface area contributed by atoms with Crippen molar-refractivity contribution < 1.29 is 24.2 Å². The first-order valence-electron chi connectivity index (χ1n) is 4.04. The highest BCUT2D eigenvalue weighted by Crippen LogP contribution is 2.13. The normalized spacial score (nSPS) is 9.73. The summed E-state index contributed by atoms with van der Waals surface area (Å²) in [6.45, 7) is 3.17. The van der Waals surface area contributed by atoms with E-state index in [1.807, 2.05) is 0 Å². The molecular weight excluding hydrogens is 202 g/mol. The monoisotopic (exact) mass is 211 g/mol. The van der Waals surface area contributed by atoms with E-state index in [1.54, 1.807) is 13.8 Å². The number of aryl methyl sites for hydroxylation is 2. The molecule has 0 aliphatic heterocycles. The van der Waals surface area contributed by atoms with Gasteiger partial charge in [0, 0.05) is 6.92 Å². The fourth-order valence-electron chi connectivity index (χ4n) is 1.03. The van der Waals surface area contributed by atoms with Crippen molar-refractivity contribution in [3.63, 3.8) is 0 Å². The molecule has 0 aliphatic carbocycles. The Morgan fingerprint density at radius 3 is 2.13 bits per heavy atom. The van der Waals surface area contributed by atoms with Crippen LogP contribution in [0.25, 0.3) is 6.08 Å². The van der Waals surface area contributed by atoms with Gasteiger partial charge in [-0.2, -0.15) is 0 Å². The van der Waals surface area contributed by atoms with E-state index in [9.17, 15) is 9.59 Å². The van der Waals surface area contributed by atoms with Gasteiger partial charge in [0.05, 0.1) is 0 Å². The summed E-state index contributed by atoms with van der Waals surface area (Å²) >= 11 is 0. The van der Waals surface area contributed by atoms with E-state index in [2.05, 4.69) is 4.98 Å². The summed E-state index contributed by atoms with van der Waals surface area (Å²) in [6.07, 6.45) is 0.969. The van der Waals surface area contributed by atoms with E-state index in [1.165, 1.54) is 0 Å². The zero-order valence-corrected chi connectivity index (χ0v) is 8.14. The molecule has 1 aromatic heterocycles. The van der Waals surface area contributed by atoms with Crippen LogP contribution in [-0.4, -0.2) is 27.1 Å². The Kier molecular flexibility index (Phi) is 2.89. The fraction of sp³-hybridized carbons (Fsp3) is 0.222. The van der Waals surface area contributed by atoms with E-state index in [4.69, 9.17) is 14.6 Å². The van der Waals surface area contributed by atoms with Crippen molar-refractivity contribution in [2.24, 2.45) is 0 Å². The summed E-state index contributed by atoms with van der Waals surface area (Å²) in [5.41, 5.74) is -0.529. The molecule has 0 saturated carbocycles. The minimum atomic E-state index is -1.51. The first kappa shape index (κ1) is 11.0. The van der Waals surface area contributed by atoms with Crippen molar-refractivity contribution in [2.45, 2.75) is 13.8 Å². The third-order valence-corrected chi connectivity index (χ3v) is 1.68. The molecule has 0 amide bonds. The molecule has 15 heavy (non-hydrogen) atoms. The van der Waals surface area contributed by atoms with Gasteiger partial charge in [-0.05, 0) is 13.0 Å². The van der Waals surface area contributed by atoms with Gasteiger partial charge in [0.15, 0.2) is 5.89 Å². The molecule has 0 saturated heterocycles. The molecule has 6 heteroatoms. The number of carbonyl (C=O) groups is 2. The molecule has 2 N–H and O–H groups in total. The highest BCUT2D eigenvalue weighted by atomic mass is 16.4. The van der Waals surface area contributed by atoms with Crippen molar-refractivity contribution >= 4 is 18.0 Å². The van der Waals surface area contributed by atoms with Crippen LogP contribution in [0.5, 0.6) is 0 Å². The average molecular weight is 211 g/mol. The van der Waals surface area contributed by atoms with Gasteiger partial charge in [-0.25, -0.2) is 14.6 Å². The van der Waals surface area contributed by atoms with Gasteiger partial charge in [0.25, 0.3) is 0 Å². The van der Waals surface area contributed by atoms with Crippen LogP contribution >= 0.6 is 0 Å². The largest absolute Gasteiger partial charge is 0.477 e. The fourth-order valence-corrected chi connectivity index (χ4v) is 1.03. The number of aromatic nitrogens is 1. The lowest BCUT2D eigenvalue weighted by Gasteiger charge is -1.93. The summed E-state index contributed by atoms with van der Waals surface area (Å²) in [6, 6.07) is 0. The second kappa shape index (κ2) is 3.95.